The van der Waals surface area contributed by atoms with Crippen molar-refractivity contribution in [3.8, 4) is 0 Å². The fraction of sp³-hybridized carbons (Fsp3) is 0.882. The first-order chi connectivity index (χ1) is 10.5. The third-order valence-electron chi connectivity index (χ3n) is 5.38. The minimum absolute atomic E-state index is 0. The number of rotatable bonds is 5. The Hall–Kier alpha value is -0.810. The first-order valence-electron chi connectivity index (χ1n) is 8.77. The van der Waals surface area contributed by atoms with Gasteiger partial charge >= 0.3 is 0 Å². The Kier molecular flexibility index (Phi) is 8.34. The number of carbonyl (C=O) groups excluding carboxylic acids is 2. The van der Waals surface area contributed by atoms with Crippen LogP contribution in [0.4, 0.5) is 0 Å². The number of nitrogens with one attached hydrogen (secondary N) is 1. The molecule has 1 atom stereocenters. The zero-order valence-electron chi connectivity index (χ0n) is 14.3. The second kappa shape index (κ2) is 9.48. The van der Waals surface area contributed by atoms with Crippen molar-refractivity contribution in [2.75, 3.05) is 26.2 Å². The van der Waals surface area contributed by atoms with E-state index in [2.05, 4.69) is 5.32 Å². The van der Waals surface area contributed by atoms with Crippen molar-refractivity contribution in [1.29, 1.82) is 0 Å². The largest absolute Gasteiger partial charge is 0.356 e. The predicted octanol–water partition coefficient (Wildman–Crippen LogP) is 2.08. The maximum absolute atomic E-state index is 12.7. The van der Waals surface area contributed by atoms with Crippen LogP contribution in [0.2, 0.25) is 0 Å². The van der Waals surface area contributed by atoms with Crippen molar-refractivity contribution in [2.24, 2.45) is 17.1 Å². The lowest BCUT2D eigenvalue weighted by Crippen LogP contribution is -2.46. The number of hydrogen-bond acceptors (Lipinski definition) is 3. The molecule has 2 rings (SSSR count). The van der Waals surface area contributed by atoms with Crippen molar-refractivity contribution in [1.82, 2.24) is 10.2 Å². The lowest BCUT2D eigenvalue weighted by molar-refractivity contribution is -0.136. The van der Waals surface area contributed by atoms with Crippen molar-refractivity contribution < 1.29 is 9.59 Å². The summed E-state index contributed by atoms with van der Waals surface area (Å²) < 4.78 is 0. The Labute approximate surface area is 146 Å². The highest BCUT2D eigenvalue weighted by molar-refractivity contribution is 5.85. The van der Waals surface area contributed by atoms with Gasteiger partial charge < -0.3 is 16.0 Å². The fourth-order valence-corrected chi connectivity index (χ4v) is 3.93. The van der Waals surface area contributed by atoms with Gasteiger partial charge in [0.05, 0.1) is 0 Å². The van der Waals surface area contributed by atoms with E-state index in [1.165, 1.54) is 19.3 Å². The van der Waals surface area contributed by atoms with Gasteiger partial charge in [0.25, 0.3) is 0 Å². The summed E-state index contributed by atoms with van der Waals surface area (Å²) in [4.78, 5) is 25.7. The van der Waals surface area contributed by atoms with Crippen LogP contribution in [0.25, 0.3) is 0 Å². The van der Waals surface area contributed by atoms with Crippen molar-refractivity contribution in [3.05, 3.63) is 0 Å². The summed E-state index contributed by atoms with van der Waals surface area (Å²) in [5.41, 5.74) is 6.05. The molecular weight excluding hydrogens is 314 g/mol. The highest BCUT2D eigenvalue weighted by Crippen LogP contribution is 2.39. The van der Waals surface area contributed by atoms with Gasteiger partial charge in [-0.15, -0.1) is 12.4 Å². The maximum Gasteiger partial charge on any atom is 0.223 e. The number of amides is 2. The minimum atomic E-state index is 0. The SMILES string of the molecule is CC(=O)NCC1CCCN(C(=O)CC2(CN)CCCCC2)C1.Cl. The molecular formula is C17H32ClN3O2. The van der Waals surface area contributed by atoms with Crippen LogP contribution >= 0.6 is 12.4 Å². The van der Waals surface area contributed by atoms with Gasteiger partial charge in [0.1, 0.15) is 0 Å². The van der Waals surface area contributed by atoms with Crippen LogP contribution in [0.3, 0.4) is 0 Å². The van der Waals surface area contributed by atoms with Crippen LogP contribution in [-0.4, -0.2) is 42.9 Å². The van der Waals surface area contributed by atoms with Gasteiger partial charge in [-0.2, -0.15) is 0 Å². The Balaban J connectivity index is 0.00000264. The summed E-state index contributed by atoms with van der Waals surface area (Å²) in [7, 11) is 0. The van der Waals surface area contributed by atoms with Crippen molar-refractivity contribution >= 4 is 24.2 Å². The van der Waals surface area contributed by atoms with E-state index in [1.54, 1.807) is 6.92 Å². The van der Waals surface area contributed by atoms with Crippen LogP contribution < -0.4 is 11.1 Å². The zero-order chi connectivity index (χ0) is 16.0. The van der Waals surface area contributed by atoms with Crippen LogP contribution in [0.15, 0.2) is 0 Å². The summed E-state index contributed by atoms with van der Waals surface area (Å²) in [6.45, 7) is 4.48. The zero-order valence-corrected chi connectivity index (χ0v) is 15.1. The average molecular weight is 346 g/mol. The standard InChI is InChI=1S/C17H31N3O2.ClH/c1-14(21)19-11-15-6-5-9-20(12-15)16(22)10-17(13-18)7-3-2-4-8-17;/h15H,2-13,18H2,1H3,(H,19,21);1H. The van der Waals surface area contributed by atoms with Gasteiger partial charge in [-0.25, -0.2) is 0 Å². The molecule has 1 saturated carbocycles. The van der Waals surface area contributed by atoms with Gasteiger partial charge in [0.15, 0.2) is 0 Å². The second-order valence-corrected chi connectivity index (χ2v) is 7.23. The summed E-state index contributed by atoms with van der Waals surface area (Å²) in [5.74, 6) is 0.661. The van der Waals surface area contributed by atoms with E-state index in [-0.39, 0.29) is 29.6 Å². The summed E-state index contributed by atoms with van der Waals surface area (Å²) >= 11 is 0. The lowest BCUT2D eigenvalue weighted by atomic mass is 9.71. The van der Waals surface area contributed by atoms with E-state index in [0.29, 0.717) is 25.4 Å². The molecule has 5 nitrogen and oxygen atoms in total. The molecule has 0 radical (unpaired) electrons. The Bertz CT molecular complexity index is 397. The van der Waals surface area contributed by atoms with Gasteiger partial charge in [-0.05, 0) is 43.6 Å². The molecule has 0 bridgehead atoms. The fourth-order valence-electron chi connectivity index (χ4n) is 3.93. The van der Waals surface area contributed by atoms with Crippen LogP contribution in [0, 0.1) is 11.3 Å². The third kappa shape index (κ3) is 5.96. The Morgan fingerprint density at radius 1 is 1.22 bits per heavy atom. The molecule has 1 heterocycles. The quantitative estimate of drug-likeness (QED) is 0.801. The second-order valence-electron chi connectivity index (χ2n) is 7.23. The molecule has 0 aromatic rings. The van der Waals surface area contributed by atoms with E-state index in [9.17, 15) is 9.59 Å². The monoisotopic (exact) mass is 345 g/mol. The molecule has 6 heteroatoms. The number of hydrogen-bond donors (Lipinski definition) is 2. The molecule has 0 spiro atoms. The number of carbonyl (C=O) groups is 2. The molecule has 1 saturated heterocycles. The molecule has 1 unspecified atom stereocenters. The van der Waals surface area contributed by atoms with E-state index in [4.69, 9.17) is 5.73 Å². The normalized spacial score (nSPS) is 23.7. The van der Waals surface area contributed by atoms with E-state index in [0.717, 1.165) is 38.8 Å². The molecule has 2 fully saturated rings. The van der Waals surface area contributed by atoms with E-state index >= 15 is 0 Å². The highest BCUT2D eigenvalue weighted by Gasteiger charge is 2.35. The number of nitrogens with two attached hydrogens (primary N) is 1. The third-order valence-corrected chi connectivity index (χ3v) is 5.38. The molecule has 1 aliphatic carbocycles. The van der Waals surface area contributed by atoms with E-state index in [1.807, 2.05) is 4.90 Å². The highest BCUT2D eigenvalue weighted by atomic mass is 35.5. The van der Waals surface area contributed by atoms with Gasteiger partial charge in [-0.1, -0.05) is 19.3 Å². The number of nitrogens with zero attached hydrogens (tertiary/aromatic N) is 1. The number of likely N-dealkylation sites (tertiary alicyclic amines) is 1. The Morgan fingerprint density at radius 2 is 1.91 bits per heavy atom. The summed E-state index contributed by atoms with van der Waals surface area (Å²) in [6, 6.07) is 0. The molecule has 0 aromatic heterocycles. The molecule has 3 N–H and O–H groups in total. The molecule has 0 aromatic carbocycles. The molecule has 2 aliphatic rings. The van der Waals surface area contributed by atoms with Crippen LogP contribution in [-0.2, 0) is 9.59 Å². The first kappa shape index (κ1) is 20.2. The number of piperidine rings is 1. The number of halogens is 1. The smallest absolute Gasteiger partial charge is 0.223 e. The molecule has 134 valence electrons. The van der Waals surface area contributed by atoms with Gasteiger partial charge in [0, 0.05) is 33.0 Å². The minimum Gasteiger partial charge on any atom is -0.356 e. The van der Waals surface area contributed by atoms with E-state index < -0.39 is 0 Å². The van der Waals surface area contributed by atoms with Crippen LogP contribution in [0.5, 0.6) is 0 Å². The maximum atomic E-state index is 12.7. The lowest BCUT2D eigenvalue weighted by Gasteiger charge is -2.39. The summed E-state index contributed by atoms with van der Waals surface area (Å²) in [6.07, 6.45) is 8.61. The van der Waals surface area contributed by atoms with Gasteiger partial charge in [0.2, 0.25) is 11.8 Å². The van der Waals surface area contributed by atoms with Gasteiger partial charge in [-0.3, -0.25) is 9.59 Å². The van der Waals surface area contributed by atoms with Crippen molar-refractivity contribution in [3.63, 3.8) is 0 Å². The topological polar surface area (TPSA) is 75.4 Å². The molecule has 23 heavy (non-hydrogen) atoms. The Morgan fingerprint density at radius 3 is 2.52 bits per heavy atom. The summed E-state index contributed by atoms with van der Waals surface area (Å²) in [5, 5.41) is 2.88. The van der Waals surface area contributed by atoms with Crippen molar-refractivity contribution in [2.45, 2.75) is 58.3 Å². The average Bonchev–Trinajstić information content (AvgIpc) is 2.54. The van der Waals surface area contributed by atoms with Crippen LogP contribution in [0.1, 0.15) is 58.3 Å². The molecule has 1 aliphatic heterocycles. The molecule has 2 amide bonds. The predicted molar refractivity (Wildman–Crippen MR) is 94.4 cm³/mol. The first-order valence-corrected chi connectivity index (χ1v) is 8.77.